The van der Waals surface area contributed by atoms with E-state index in [-0.39, 0.29) is 6.04 Å². The van der Waals surface area contributed by atoms with Crippen molar-refractivity contribution in [3.8, 4) is 0 Å². The Morgan fingerprint density at radius 3 is 2.81 bits per heavy atom. The number of hydrogen-bond donors (Lipinski definition) is 1. The summed E-state index contributed by atoms with van der Waals surface area (Å²) in [4.78, 5) is 6.33. The molecule has 3 heterocycles. The zero-order valence-electron chi connectivity index (χ0n) is 12.1. The zero-order chi connectivity index (χ0) is 15.0. The van der Waals surface area contributed by atoms with Gasteiger partial charge in [0.25, 0.3) is 0 Å². The lowest BCUT2D eigenvalue weighted by atomic mass is 10.00. The van der Waals surface area contributed by atoms with Crippen molar-refractivity contribution in [2.24, 2.45) is 0 Å². The maximum absolute atomic E-state index is 10.8. The van der Waals surface area contributed by atoms with Gasteiger partial charge in [-0.25, -0.2) is 9.67 Å². The van der Waals surface area contributed by atoms with E-state index in [1.54, 1.807) is 16.9 Å². The van der Waals surface area contributed by atoms with Crippen LogP contribution in [-0.2, 0) is 5.60 Å². The molecule has 0 aliphatic carbocycles. The molecular formula is C14H18ClN5O. The van der Waals surface area contributed by atoms with E-state index < -0.39 is 5.60 Å². The van der Waals surface area contributed by atoms with Crippen LogP contribution < -0.4 is 4.90 Å². The van der Waals surface area contributed by atoms with Crippen molar-refractivity contribution in [3.63, 3.8) is 0 Å². The average molecular weight is 308 g/mol. The largest absolute Gasteiger partial charge is 0.381 e. The Bertz CT molecular complexity index is 627. The molecule has 1 unspecified atom stereocenters. The number of anilines is 1. The van der Waals surface area contributed by atoms with Crippen molar-refractivity contribution in [1.29, 1.82) is 0 Å². The van der Waals surface area contributed by atoms with E-state index in [9.17, 15) is 5.11 Å². The molecule has 1 fully saturated rings. The molecule has 21 heavy (non-hydrogen) atoms. The molecule has 0 spiro atoms. The molecule has 112 valence electrons. The van der Waals surface area contributed by atoms with Crippen LogP contribution in [0.25, 0.3) is 0 Å². The Labute approximate surface area is 128 Å². The first-order valence-electron chi connectivity index (χ1n) is 6.99. The highest BCUT2D eigenvalue weighted by Gasteiger charge is 2.40. The van der Waals surface area contributed by atoms with Gasteiger partial charge in [0.2, 0.25) is 0 Å². The Balaban J connectivity index is 1.79. The van der Waals surface area contributed by atoms with Crippen molar-refractivity contribution >= 4 is 17.4 Å². The maximum atomic E-state index is 10.8. The first kappa shape index (κ1) is 14.3. The quantitative estimate of drug-likeness (QED) is 0.939. The van der Waals surface area contributed by atoms with Gasteiger partial charge in [0.15, 0.2) is 0 Å². The zero-order valence-corrected chi connectivity index (χ0v) is 12.8. The molecule has 0 radical (unpaired) electrons. The molecule has 1 aliphatic heterocycles. The fraction of sp³-hybridized carbons (Fsp3) is 0.500. The normalized spacial score (nSPS) is 22.2. The summed E-state index contributed by atoms with van der Waals surface area (Å²) in [5.74, 6) is 0.812. The van der Waals surface area contributed by atoms with E-state index in [0.717, 1.165) is 12.4 Å². The fourth-order valence-electron chi connectivity index (χ4n) is 2.50. The van der Waals surface area contributed by atoms with Crippen molar-refractivity contribution in [1.82, 2.24) is 20.0 Å². The van der Waals surface area contributed by atoms with E-state index in [1.807, 2.05) is 31.0 Å². The summed E-state index contributed by atoms with van der Waals surface area (Å²) >= 11 is 5.85. The Kier molecular flexibility index (Phi) is 3.59. The summed E-state index contributed by atoms with van der Waals surface area (Å²) < 4.78 is 1.76. The second-order valence-electron chi connectivity index (χ2n) is 5.72. The minimum absolute atomic E-state index is 0.227. The molecule has 3 rings (SSSR count). The Hall–Kier alpha value is -1.66. The van der Waals surface area contributed by atoms with Gasteiger partial charge < -0.3 is 10.0 Å². The van der Waals surface area contributed by atoms with E-state index in [1.165, 1.54) is 0 Å². The van der Waals surface area contributed by atoms with E-state index in [0.29, 0.717) is 23.7 Å². The highest BCUT2D eigenvalue weighted by Crippen LogP contribution is 2.33. The van der Waals surface area contributed by atoms with Crippen LogP contribution in [0.2, 0.25) is 5.02 Å². The van der Waals surface area contributed by atoms with Gasteiger partial charge in [-0.05, 0) is 26.0 Å². The number of aromatic nitrogens is 4. The number of halogens is 1. The third-order valence-corrected chi connectivity index (χ3v) is 4.02. The summed E-state index contributed by atoms with van der Waals surface area (Å²) in [5.41, 5.74) is -0.360. The van der Waals surface area contributed by atoms with Crippen LogP contribution in [-0.4, -0.2) is 38.2 Å². The topological polar surface area (TPSA) is 67.1 Å². The summed E-state index contributed by atoms with van der Waals surface area (Å²) in [5, 5.41) is 19.6. The van der Waals surface area contributed by atoms with Gasteiger partial charge in [-0.15, -0.1) is 5.10 Å². The van der Waals surface area contributed by atoms with Crippen LogP contribution in [0.3, 0.4) is 0 Å². The van der Waals surface area contributed by atoms with Crippen LogP contribution in [0.5, 0.6) is 0 Å². The van der Waals surface area contributed by atoms with Crippen LogP contribution in [0.15, 0.2) is 24.5 Å². The Morgan fingerprint density at radius 1 is 1.38 bits per heavy atom. The van der Waals surface area contributed by atoms with Gasteiger partial charge in [0.05, 0.1) is 17.8 Å². The number of β-amino-alcohol motifs (C(OH)–C–C–N with tert-alkyl or cyclic N) is 1. The molecule has 0 amide bonds. The van der Waals surface area contributed by atoms with Crippen LogP contribution in [0.1, 0.15) is 32.0 Å². The second kappa shape index (κ2) is 5.27. The first-order chi connectivity index (χ1) is 9.98. The van der Waals surface area contributed by atoms with E-state index >= 15 is 0 Å². The molecule has 0 bridgehead atoms. The number of pyridine rings is 1. The van der Waals surface area contributed by atoms with Gasteiger partial charge in [-0.2, -0.15) is 0 Å². The molecule has 2 aromatic heterocycles. The van der Waals surface area contributed by atoms with Gasteiger partial charge in [-0.1, -0.05) is 16.8 Å². The lowest BCUT2D eigenvalue weighted by molar-refractivity contribution is 0.0559. The van der Waals surface area contributed by atoms with Crippen LogP contribution in [0, 0.1) is 0 Å². The summed E-state index contributed by atoms with van der Waals surface area (Å²) in [6, 6.07) is 3.89. The molecule has 2 aromatic rings. The van der Waals surface area contributed by atoms with Crippen LogP contribution in [0.4, 0.5) is 5.82 Å². The number of rotatable bonds is 3. The van der Waals surface area contributed by atoms with Gasteiger partial charge in [0, 0.05) is 25.2 Å². The maximum Gasteiger partial charge on any atom is 0.129 e. The SMILES string of the molecule is CC(C)n1cc(C2(O)CCN(c3ccc(Cl)cn3)C2)nn1. The van der Waals surface area contributed by atoms with Gasteiger partial charge in [0.1, 0.15) is 17.1 Å². The smallest absolute Gasteiger partial charge is 0.129 e. The second-order valence-corrected chi connectivity index (χ2v) is 6.15. The van der Waals surface area contributed by atoms with Crippen LogP contribution >= 0.6 is 11.6 Å². The minimum atomic E-state index is -0.978. The third-order valence-electron chi connectivity index (χ3n) is 3.80. The molecule has 6 nitrogen and oxygen atoms in total. The first-order valence-corrected chi connectivity index (χ1v) is 7.37. The van der Waals surface area contributed by atoms with Gasteiger partial charge >= 0.3 is 0 Å². The van der Waals surface area contributed by atoms with E-state index in [4.69, 9.17) is 11.6 Å². The Morgan fingerprint density at radius 2 is 2.19 bits per heavy atom. The van der Waals surface area contributed by atoms with Crippen molar-refractivity contribution in [2.45, 2.75) is 31.9 Å². The lowest BCUT2D eigenvalue weighted by Gasteiger charge is -2.21. The van der Waals surface area contributed by atoms with Crippen molar-refractivity contribution in [3.05, 3.63) is 35.2 Å². The summed E-state index contributed by atoms with van der Waals surface area (Å²) in [7, 11) is 0. The molecule has 1 aliphatic rings. The standard InChI is InChI=1S/C14H18ClN5O/c1-10(2)20-8-12(17-18-20)14(21)5-6-19(9-14)13-4-3-11(15)7-16-13/h3-4,7-8,10,21H,5-6,9H2,1-2H3. The summed E-state index contributed by atoms with van der Waals surface area (Å²) in [6.45, 7) is 5.24. The average Bonchev–Trinajstić information content (AvgIpc) is 3.07. The van der Waals surface area contributed by atoms with Gasteiger partial charge in [-0.3, -0.25) is 0 Å². The highest BCUT2D eigenvalue weighted by atomic mass is 35.5. The van der Waals surface area contributed by atoms with Crippen molar-refractivity contribution in [2.75, 3.05) is 18.0 Å². The monoisotopic (exact) mass is 307 g/mol. The number of nitrogens with zero attached hydrogens (tertiary/aromatic N) is 5. The number of hydrogen-bond acceptors (Lipinski definition) is 5. The lowest BCUT2D eigenvalue weighted by Crippen LogP contribution is -2.31. The third kappa shape index (κ3) is 2.73. The fourth-order valence-corrected chi connectivity index (χ4v) is 2.61. The highest BCUT2D eigenvalue weighted by molar-refractivity contribution is 6.30. The molecule has 1 atom stereocenters. The molecule has 1 N–H and O–H groups in total. The number of aliphatic hydroxyl groups is 1. The molecule has 0 saturated carbocycles. The van der Waals surface area contributed by atoms with E-state index in [2.05, 4.69) is 15.3 Å². The summed E-state index contributed by atoms with van der Waals surface area (Å²) in [6.07, 6.45) is 4.04. The predicted molar refractivity (Wildman–Crippen MR) is 80.4 cm³/mol. The molecule has 7 heteroatoms. The minimum Gasteiger partial charge on any atom is -0.381 e. The molecular weight excluding hydrogens is 290 g/mol. The molecule has 0 aromatic carbocycles. The van der Waals surface area contributed by atoms with Crippen molar-refractivity contribution < 1.29 is 5.11 Å². The molecule has 1 saturated heterocycles. The predicted octanol–water partition coefficient (Wildman–Crippen LogP) is 2.01.